The van der Waals surface area contributed by atoms with Gasteiger partial charge in [-0.2, -0.15) is 10.5 Å². The second kappa shape index (κ2) is 8.04. The molecule has 1 aromatic carbocycles. The average molecular weight is 284 g/mol. The van der Waals surface area contributed by atoms with Gasteiger partial charge in [0.1, 0.15) is 12.1 Å². The number of carbonyl (C=O) groups excluding carboxylic acids is 1. The number of hydrogen-bond donors (Lipinski definition) is 2. The second-order valence-electron chi connectivity index (χ2n) is 5.28. The van der Waals surface area contributed by atoms with Crippen molar-refractivity contribution < 1.29 is 4.79 Å². The van der Waals surface area contributed by atoms with Crippen LogP contribution in [0.4, 0.5) is 5.69 Å². The van der Waals surface area contributed by atoms with Gasteiger partial charge in [-0.25, -0.2) is 0 Å². The van der Waals surface area contributed by atoms with E-state index in [-0.39, 0.29) is 23.4 Å². The Bertz CT molecular complexity index is 581. The molecule has 5 nitrogen and oxygen atoms in total. The number of nitrogens with zero attached hydrogens (tertiary/aromatic N) is 2. The summed E-state index contributed by atoms with van der Waals surface area (Å²) in [4.78, 5) is 12.1. The summed E-state index contributed by atoms with van der Waals surface area (Å²) in [5, 5.41) is 20.6. The van der Waals surface area contributed by atoms with Crippen LogP contribution in [0.15, 0.2) is 18.2 Å². The first-order chi connectivity index (χ1) is 9.97. The predicted molar refractivity (Wildman–Crippen MR) is 81.2 cm³/mol. The van der Waals surface area contributed by atoms with Crippen molar-refractivity contribution in [3.63, 3.8) is 0 Å². The lowest BCUT2D eigenvalue weighted by atomic mass is 10.0. The number of hydrogen-bond acceptors (Lipinski definition) is 4. The Morgan fingerprint density at radius 1 is 1.24 bits per heavy atom. The van der Waals surface area contributed by atoms with Crippen LogP contribution in [-0.4, -0.2) is 11.9 Å². The highest BCUT2D eigenvalue weighted by atomic mass is 16.1. The number of carbonyl (C=O) groups is 1. The van der Waals surface area contributed by atoms with Crippen molar-refractivity contribution in [2.24, 2.45) is 11.7 Å². The zero-order valence-electron chi connectivity index (χ0n) is 12.4. The molecule has 0 bridgehead atoms. The molecule has 110 valence electrons. The summed E-state index contributed by atoms with van der Waals surface area (Å²) in [6.45, 7) is 3.82. The van der Waals surface area contributed by atoms with Gasteiger partial charge in [0.2, 0.25) is 5.91 Å². The fraction of sp³-hybridized carbons (Fsp3) is 0.438. The fourth-order valence-corrected chi connectivity index (χ4v) is 1.95. The molecule has 3 N–H and O–H groups in total. The Morgan fingerprint density at radius 2 is 1.90 bits per heavy atom. The lowest BCUT2D eigenvalue weighted by molar-refractivity contribution is -0.119. The van der Waals surface area contributed by atoms with Crippen molar-refractivity contribution in [2.45, 2.75) is 39.2 Å². The number of benzene rings is 1. The first kappa shape index (κ1) is 16.7. The number of nitrogens with two attached hydrogens (primary N) is 1. The van der Waals surface area contributed by atoms with Crippen LogP contribution in [-0.2, 0) is 4.79 Å². The first-order valence-corrected chi connectivity index (χ1v) is 6.98. The SMILES string of the molecule is CC(N)CCCC(C)C(=O)Nc1ccc(C#N)c(C#N)c1. The first-order valence-electron chi connectivity index (χ1n) is 6.98. The predicted octanol–water partition coefficient (Wildman–Crippen LogP) is 2.52. The van der Waals surface area contributed by atoms with Crippen LogP contribution >= 0.6 is 0 Å². The quantitative estimate of drug-likeness (QED) is 0.837. The minimum atomic E-state index is -0.120. The van der Waals surface area contributed by atoms with Crippen LogP contribution in [0.2, 0.25) is 0 Å². The zero-order chi connectivity index (χ0) is 15.8. The van der Waals surface area contributed by atoms with Crippen LogP contribution in [0.3, 0.4) is 0 Å². The zero-order valence-corrected chi connectivity index (χ0v) is 12.4. The summed E-state index contributed by atoms with van der Waals surface area (Å²) in [5.41, 5.74) is 6.79. The third kappa shape index (κ3) is 5.25. The van der Waals surface area contributed by atoms with Crippen LogP contribution in [0, 0.1) is 28.6 Å². The molecule has 1 amide bonds. The van der Waals surface area contributed by atoms with E-state index in [0.717, 1.165) is 19.3 Å². The van der Waals surface area contributed by atoms with Gasteiger partial charge in [0, 0.05) is 17.6 Å². The van der Waals surface area contributed by atoms with E-state index in [1.54, 1.807) is 6.07 Å². The largest absolute Gasteiger partial charge is 0.328 e. The summed E-state index contributed by atoms with van der Waals surface area (Å²) >= 11 is 0. The molecular weight excluding hydrogens is 264 g/mol. The molecule has 0 heterocycles. The third-order valence-electron chi connectivity index (χ3n) is 3.27. The number of nitriles is 2. The molecule has 0 aliphatic heterocycles. The van der Waals surface area contributed by atoms with Crippen molar-refractivity contribution in [1.82, 2.24) is 0 Å². The highest BCUT2D eigenvalue weighted by Gasteiger charge is 2.14. The molecule has 0 fully saturated rings. The molecule has 0 radical (unpaired) electrons. The highest BCUT2D eigenvalue weighted by molar-refractivity contribution is 5.92. The van der Waals surface area contributed by atoms with E-state index in [4.69, 9.17) is 16.3 Å². The molecule has 0 aliphatic carbocycles. The van der Waals surface area contributed by atoms with Gasteiger partial charge in [-0.3, -0.25) is 4.79 Å². The van der Waals surface area contributed by atoms with E-state index in [0.29, 0.717) is 11.3 Å². The van der Waals surface area contributed by atoms with Crippen molar-refractivity contribution in [2.75, 3.05) is 5.32 Å². The molecule has 2 unspecified atom stereocenters. The third-order valence-corrected chi connectivity index (χ3v) is 3.27. The van der Waals surface area contributed by atoms with E-state index in [1.165, 1.54) is 12.1 Å². The van der Waals surface area contributed by atoms with Gasteiger partial charge in [0.05, 0.1) is 11.1 Å². The Hall–Kier alpha value is -2.37. The maximum absolute atomic E-state index is 12.1. The molecule has 1 rings (SSSR count). The lowest BCUT2D eigenvalue weighted by Gasteiger charge is -2.13. The Morgan fingerprint density at radius 3 is 2.48 bits per heavy atom. The van der Waals surface area contributed by atoms with Gasteiger partial charge in [0.15, 0.2) is 0 Å². The fourth-order valence-electron chi connectivity index (χ4n) is 1.95. The maximum Gasteiger partial charge on any atom is 0.227 e. The Balaban J connectivity index is 2.63. The molecule has 0 spiro atoms. The van der Waals surface area contributed by atoms with Gasteiger partial charge in [-0.05, 0) is 38.0 Å². The second-order valence-corrected chi connectivity index (χ2v) is 5.28. The summed E-state index contributed by atoms with van der Waals surface area (Å²) in [6, 6.07) is 8.73. The van der Waals surface area contributed by atoms with Crippen LogP contribution < -0.4 is 11.1 Å². The van der Waals surface area contributed by atoms with E-state index >= 15 is 0 Å². The number of nitrogens with one attached hydrogen (secondary N) is 1. The van der Waals surface area contributed by atoms with Crippen molar-refractivity contribution >= 4 is 11.6 Å². The number of amides is 1. The molecule has 0 saturated carbocycles. The van der Waals surface area contributed by atoms with Crippen molar-refractivity contribution in [3.8, 4) is 12.1 Å². The van der Waals surface area contributed by atoms with E-state index in [9.17, 15) is 4.79 Å². The minimum absolute atomic E-state index is 0.0896. The molecule has 0 aliphatic rings. The molecule has 5 heteroatoms. The molecule has 0 saturated heterocycles. The van der Waals surface area contributed by atoms with Crippen LogP contribution in [0.5, 0.6) is 0 Å². The van der Waals surface area contributed by atoms with Gasteiger partial charge < -0.3 is 11.1 Å². The van der Waals surface area contributed by atoms with Crippen LogP contribution in [0.25, 0.3) is 0 Å². The van der Waals surface area contributed by atoms with Crippen molar-refractivity contribution in [1.29, 1.82) is 10.5 Å². The molecule has 0 aromatic heterocycles. The Labute approximate surface area is 125 Å². The summed E-state index contributed by atoms with van der Waals surface area (Å²) in [6.07, 6.45) is 2.57. The topological polar surface area (TPSA) is 103 Å². The van der Waals surface area contributed by atoms with Gasteiger partial charge in [-0.1, -0.05) is 13.3 Å². The lowest BCUT2D eigenvalue weighted by Crippen LogP contribution is -2.21. The average Bonchev–Trinajstić information content (AvgIpc) is 2.46. The number of anilines is 1. The number of rotatable bonds is 6. The van der Waals surface area contributed by atoms with E-state index in [2.05, 4.69) is 5.32 Å². The monoisotopic (exact) mass is 284 g/mol. The Kier molecular flexibility index (Phi) is 6.39. The standard InChI is InChI=1S/C16H20N4O/c1-11(4-3-5-12(2)19)16(21)20-15-7-6-13(9-17)14(8-15)10-18/h6-8,11-12H,3-5,19H2,1-2H3,(H,20,21). The van der Waals surface area contributed by atoms with Gasteiger partial charge in [0.25, 0.3) is 0 Å². The summed E-state index contributed by atoms with van der Waals surface area (Å²) < 4.78 is 0. The van der Waals surface area contributed by atoms with Gasteiger partial charge in [-0.15, -0.1) is 0 Å². The van der Waals surface area contributed by atoms with E-state index in [1.807, 2.05) is 26.0 Å². The molecule has 2 atom stereocenters. The maximum atomic E-state index is 12.1. The van der Waals surface area contributed by atoms with Crippen LogP contribution in [0.1, 0.15) is 44.2 Å². The smallest absolute Gasteiger partial charge is 0.227 e. The highest BCUT2D eigenvalue weighted by Crippen LogP contribution is 2.17. The minimum Gasteiger partial charge on any atom is -0.328 e. The summed E-state index contributed by atoms with van der Waals surface area (Å²) in [7, 11) is 0. The molecular formula is C16H20N4O. The van der Waals surface area contributed by atoms with E-state index < -0.39 is 0 Å². The normalized spacial score (nSPS) is 12.8. The molecule has 21 heavy (non-hydrogen) atoms. The summed E-state index contributed by atoms with van der Waals surface area (Å²) in [5.74, 6) is -0.210. The molecule has 1 aromatic rings. The van der Waals surface area contributed by atoms with Gasteiger partial charge >= 0.3 is 0 Å². The van der Waals surface area contributed by atoms with Crippen molar-refractivity contribution in [3.05, 3.63) is 29.3 Å².